The number of carbonyl (C=O) groups excluding carboxylic acids is 2. The van der Waals surface area contributed by atoms with E-state index in [1.54, 1.807) is 6.92 Å². The molecule has 0 radical (unpaired) electrons. The molecule has 3 aromatic rings. The number of anilines is 2. The highest BCUT2D eigenvalue weighted by molar-refractivity contribution is 9.10. The van der Waals surface area contributed by atoms with Crippen LogP contribution in [0.25, 0.3) is 0 Å². The molecule has 0 aliphatic heterocycles. The summed E-state index contributed by atoms with van der Waals surface area (Å²) in [4.78, 5) is 28.2. The predicted octanol–water partition coefficient (Wildman–Crippen LogP) is 8.42. The number of hydrogen-bond acceptors (Lipinski definition) is 4. The SMILES string of the molecule is CCN(C(=O)c1ccc(C#N)cc1)c1cccc(C(=O)Nc2c(Br)cc(C(F)(C(F)(F)F)C(F)(F)F)cc2C2CC2)c1OC. The second kappa shape index (κ2) is 12.1. The van der Waals surface area contributed by atoms with E-state index in [9.17, 15) is 40.3 Å². The quantitative estimate of drug-likeness (QED) is 0.242. The Hall–Kier alpha value is -4.12. The van der Waals surface area contributed by atoms with Crippen LogP contribution in [0.3, 0.4) is 0 Å². The first kappa shape index (κ1) is 32.8. The molecular formula is C30H23BrF7N3O3. The average molecular weight is 686 g/mol. The van der Waals surface area contributed by atoms with Gasteiger partial charge in [0.05, 0.1) is 35.7 Å². The van der Waals surface area contributed by atoms with Gasteiger partial charge < -0.3 is 15.0 Å². The molecule has 0 spiro atoms. The van der Waals surface area contributed by atoms with Crippen molar-refractivity contribution in [3.05, 3.63) is 86.9 Å². The number of benzene rings is 3. The lowest BCUT2D eigenvalue weighted by atomic mass is 9.91. The van der Waals surface area contributed by atoms with E-state index < -0.39 is 41.3 Å². The number of carbonyl (C=O) groups is 2. The first-order valence-corrected chi connectivity index (χ1v) is 13.8. The maximum Gasteiger partial charge on any atom is 0.435 e. The Balaban J connectivity index is 1.74. The summed E-state index contributed by atoms with van der Waals surface area (Å²) in [7, 11) is 1.26. The first-order valence-electron chi connectivity index (χ1n) is 13.1. The van der Waals surface area contributed by atoms with Gasteiger partial charge in [0, 0.05) is 22.1 Å². The van der Waals surface area contributed by atoms with Crippen molar-refractivity contribution in [2.45, 2.75) is 43.7 Å². The molecular weight excluding hydrogens is 663 g/mol. The predicted molar refractivity (Wildman–Crippen MR) is 150 cm³/mol. The van der Waals surface area contributed by atoms with E-state index in [1.807, 2.05) is 6.07 Å². The van der Waals surface area contributed by atoms with Crippen LogP contribution in [-0.2, 0) is 5.67 Å². The smallest absolute Gasteiger partial charge is 0.435 e. The zero-order valence-corrected chi connectivity index (χ0v) is 24.6. The summed E-state index contributed by atoms with van der Waals surface area (Å²) < 4.78 is 101. The Labute approximate surface area is 255 Å². The van der Waals surface area contributed by atoms with Gasteiger partial charge in [0.2, 0.25) is 0 Å². The van der Waals surface area contributed by atoms with Crippen LogP contribution in [0.4, 0.5) is 42.1 Å². The molecule has 1 fully saturated rings. The van der Waals surface area contributed by atoms with Crippen molar-refractivity contribution in [3.8, 4) is 11.8 Å². The van der Waals surface area contributed by atoms with E-state index in [0.717, 1.165) is 0 Å². The van der Waals surface area contributed by atoms with Gasteiger partial charge in [-0.25, -0.2) is 4.39 Å². The minimum Gasteiger partial charge on any atom is -0.494 e. The van der Waals surface area contributed by atoms with Gasteiger partial charge in [0.1, 0.15) is 0 Å². The van der Waals surface area contributed by atoms with Crippen LogP contribution in [0.5, 0.6) is 5.75 Å². The second-order valence-corrected chi connectivity index (χ2v) is 10.8. The summed E-state index contributed by atoms with van der Waals surface area (Å²) >= 11 is 2.94. The minimum absolute atomic E-state index is 0.0357. The highest BCUT2D eigenvalue weighted by Crippen LogP contribution is 2.56. The molecule has 0 atom stereocenters. The van der Waals surface area contributed by atoms with Gasteiger partial charge in [0.15, 0.2) is 5.75 Å². The average Bonchev–Trinajstić information content (AvgIpc) is 3.82. The van der Waals surface area contributed by atoms with Crippen molar-refractivity contribution >= 4 is 39.1 Å². The fraction of sp³-hybridized carbons (Fsp3) is 0.300. The molecule has 0 bridgehead atoms. The summed E-state index contributed by atoms with van der Waals surface area (Å²) in [5.74, 6) is -1.86. The zero-order chi connectivity index (χ0) is 32.6. The molecule has 1 saturated carbocycles. The molecule has 1 aliphatic rings. The maximum atomic E-state index is 14.9. The molecule has 6 nitrogen and oxygen atoms in total. The Kier molecular flexibility index (Phi) is 9.02. The number of nitriles is 1. The number of amides is 2. The zero-order valence-electron chi connectivity index (χ0n) is 23.0. The highest BCUT2D eigenvalue weighted by Gasteiger charge is 2.73. The molecule has 0 saturated heterocycles. The van der Waals surface area contributed by atoms with Crippen LogP contribution in [0.2, 0.25) is 0 Å². The number of methoxy groups -OCH3 is 1. The lowest BCUT2D eigenvalue weighted by molar-refractivity contribution is -0.348. The molecule has 4 rings (SSSR count). The van der Waals surface area contributed by atoms with Crippen LogP contribution in [-0.4, -0.2) is 37.8 Å². The number of ether oxygens (including phenoxy) is 1. The number of halogens is 8. The summed E-state index contributed by atoms with van der Waals surface area (Å²) in [6.45, 7) is 1.82. The Morgan fingerprint density at radius 2 is 1.64 bits per heavy atom. The van der Waals surface area contributed by atoms with E-state index in [1.165, 1.54) is 54.5 Å². The number of rotatable bonds is 8. The molecule has 1 aliphatic carbocycles. The van der Waals surface area contributed by atoms with Gasteiger partial charge in [-0.3, -0.25) is 9.59 Å². The molecule has 1 N–H and O–H groups in total. The van der Waals surface area contributed by atoms with Crippen LogP contribution in [0.1, 0.15) is 63.1 Å². The molecule has 44 heavy (non-hydrogen) atoms. The molecule has 0 heterocycles. The van der Waals surface area contributed by atoms with Gasteiger partial charge in [-0.2, -0.15) is 31.6 Å². The van der Waals surface area contributed by atoms with Crippen LogP contribution < -0.4 is 15.0 Å². The Morgan fingerprint density at radius 1 is 1.02 bits per heavy atom. The van der Waals surface area contributed by atoms with Crippen LogP contribution >= 0.6 is 15.9 Å². The Bertz CT molecular complexity index is 1610. The number of para-hydroxylation sites is 1. The van der Waals surface area contributed by atoms with E-state index in [2.05, 4.69) is 21.2 Å². The van der Waals surface area contributed by atoms with Crippen molar-refractivity contribution in [2.75, 3.05) is 23.9 Å². The fourth-order valence-corrected chi connectivity index (χ4v) is 5.32. The van der Waals surface area contributed by atoms with E-state index in [4.69, 9.17) is 10.00 Å². The monoisotopic (exact) mass is 685 g/mol. The third-order valence-corrected chi connectivity index (χ3v) is 7.74. The van der Waals surface area contributed by atoms with Crippen molar-refractivity contribution in [1.29, 1.82) is 5.26 Å². The summed E-state index contributed by atoms with van der Waals surface area (Å²) in [6, 6.07) is 13.0. The summed E-state index contributed by atoms with van der Waals surface area (Å²) in [6.07, 6.45) is -11.8. The minimum atomic E-state index is -6.30. The molecule has 0 unspecified atom stereocenters. The Morgan fingerprint density at radius 3 is 2.14 bits per heavy atom. The fourth-order valence-electron chi connectivity index (χ4n) is 4.74. The normalized spacial score (nSPS) is 13.7. The number of nitrogens with zero attached hydrogens (tertiary/aromatic N) is 2. The first-order chi connectivity index (χ1) is 20.6. The summed E-state index contributed by atoms with van der Waals surface area (Å²) in [5, 5.41) is 11.5. The van der Waals surface area contributed by atoms with Gasteiger partial charge in [-0.05, 0) is 95.7 Å². The van der Waals surface area contributed by atoms with E-state index >= 15 is 0 Å². The van der Waals surface area contributed by atoms with Crippen LogP contribution in [0.15, 0.2) is 59.1 Å². The standard InChI is InChI=1S/C30H23BrF7N3O3/c1-3-41(27(43)18-9-7-16(15-39)8-10-18)23-6-4-5-20(25(23)44-2)26(42)40-24-21(17-11-12-17)13-19(14-22(24)31)28(32,29(33,34)35)30(36,37)38/h4-10,13-14,17H,3,11-12H2,1-2H3,(H,40,42). The molecule has 14 heteroatoms. The molecule has 0 aromatic heterocycles. The van der Waals surface area contributed by atoms with Crippen molar-refractivity contribution < 1.29 is 45.1 Å². The van der Waals surface area contributed by atoms with Crippen molar-refractivity contribution in [1.82, 2.24) is 0 Å². The lowest BCUT2D eigenvalue weighted by Gasteiger charge is -2.31. The number of alkyl halides is 7. The summed E-state index contributed by atoms with van der Waals surface area (Å²) in [5.41, 5.74) is -6.82. The van der Waals surface area contributed by atoms with Gasteiger partial charge >= 0.3 is 18.0 Å². The van der Waals surface area contributed by atoms with E-state index in [-0.39, 0.29) is 44.8 Å². The molecule has 232 valence electrons. The van der Waals surface area contributed by atoms with E-state index in [0.29, 0.717) is 30.5 Å². The van der Waals surface area contributed by atoms with Gasteiger partial charge in [-0.1, -0.05) is 6.07 Å². The molecule has 3 aromatic carbocycles. The maximum absolute atomic E-state index is 14.9. The number of nitrogens with one attached hydrogen (secondary N) is 1. The topological polar surface area (TPSA) is 82.4 Å². The molecule has 2 amide bonds. The van der Waals surface area contributed by atoms with Crippen molar-refractivity contribution in [3.63, 3.8) is 0 Å². The van der Waals surface area contributed by atoms with Crippen molar-refractivity contribution in [2.24, 2.45) is 0 Å². The second-order valence-electron chi connectivity index (χ2n) is 9.90. The highest BCUT2D eigenvalue weighted by atomic mass is 79.9. The lowest BCUT2D eigenvalue weighted by Crippen LogP contribution is -2.50. The third-order valence-electron chi connectivity index (χ3n) is 7.11. The van der Waals surface area contributed by atoms with Gasteiger partial charge in [0.25, 0.3) is 11.8 Å². The van der Waals surface area contributed by atoms with Gasteiger partial charge in [-0.15, -0.1) is 0 Å². The third kappa shape index (κ3) is 5.97. The number of hydrogen-bond donors (Lipinski definition) is 1. The largest absolute Gasteiger partial charge is 0.494 e. The van der Waals surface area contributed by atoms with Crippen LogP contribution in [0, 0.1) is 11.3 Å².